The molecule has 0 bridgehead atoms. The van der Waals surface area contributed by atoms with E-state index >= 15 is 0 Å². The fourth-order valence-corrected chi connectivity index (χ4v) is 4.07. The van der Waals surface area contributed by atoms with Crippen molar-refractivity contribution in [1.82, 2.24) is 10.2 Å². The molecule has 1 atom stereocenters. The van der Waals surface area contributed by atoms with Crippen molar-refractivity contribution in [1.29, 1.82) is 0 Å². The van der Waals surface area contributed by atoms with Crippen LogP contribution in [-0.4, -0.2) is 42.3 Å². The van der Waals surface area contributed by atoms with E-state index in [0.717, 1.165) is 17.5 Å². The number of rotatable bonds is 6. The largest absolute Gasteiger partial charge is 0.352 e. The van der Waals surface area contributed by atoms with Crippen molar-refractivity contribution < 1.29 is 14.4 Å². The monoisotopic (exact) mass is 435 g/mol. The standard InChI is InChI=1S/C26H33N3O3/c1-17(2)15-27-25(31)22-9-5-6-10-23(22)28-24(30)20-8-7-11-29(16-20)26(32)21-13-18(3)12-19(4)14-21/h5-6,9-10,12-14,17,20H,7-8,11,15-16H2,1-4H3,(H,27,31)(H,28,30). The number of nitrogens with one attached hydrogen (secondary N) is 2. The molecule has 1 fully saturated rings. The van der Waals surface area contributed by atoms with Crippen LogP contribution in [0.15, 0.2) is 42.5 Å². The number of piperidine rings is 1. The molecule has 170 valence electrons. The number of carbonyl (C=O) groups is 3. The van der Waals surface area contributed by atoms with Gasteiger partial charge in [-0.2, -0.15) is 0 Å². The fourth-order valence-electron chi connectivity index (χ4n) is 4.07. The van der Waals surface area contributed by atoms with Crippen LogP contribution in [0.2, 0.25) is 0 Å². The molecule has 3 rings (SSSR count). The van der Waals surface area contributed by atoms with Crippen molar-refractivity contribution in [3.63, 3.8) is 0 Å². The summed E-state index contributed by atoms with van der Waals surface area (Å²) in [6, 6.07) is 12.9. The van der Waals surface area contributed by atoms with Crippen molar-refractivity contribution in [2.75, 3.05) is 25.0 Å². The smallest absolute Gasteiger partial charge is 0.253 e. The zero-order valence-corrected chi connectivity index (χ0v) is 19.4. The van der Waals surface area contributed by atoms with Gasteiger partial charge in [0.1, 0.15) is 0 Å². The van der Waals surface area contributed by atoms with Crippen LogP contribution in [0.3, 0.4) is 0 Å². The molecule has 32 heavy (non-hydrogen) atoms. The van der Waals surface area contributed by atoms with Gasteiger partial charge in [-0.15, -0.1) is 0 Å². The summed E-state index contributed by atoms with van der Waals surface area (Å²) in [5.74, 6) is -0.381. The number of nitrogens with zero attached hydrogens (tertiary/aromatic N) is 1. The van der Waals surface area contributed by atoms with Crippen LogP contribution in [0, 0.1) is 25.7 Å². The first-order chi connectivity index (χ1) is 15.2. The molecule has 6 nitrogen and oxygen atoms in total. The summed E-state index contributed by atoms with van der Waals surface area (Å²) in [6.07, 6.45) is 1.48. The maximum Gasteiger partial charge on any atom is 0.253 e. The topological polar surface area (TPSA) is 78.5 Å². The van der Waals surface area contributed by atoms with Crippen LogP contribution in [-0.2, 0) is 4.79 Å². The van der Waals surface area contributed by atoms with E-state index in [4.69, 9.17) is 0 Å². The normalized spacial score (nSPS) is 16.0. The zero-order chi connectivity index (χ0) is 23.3. The number of benzene rings is 2. The van der Waals surface area contributed by atoms with Gasteiger partial charge in [0.25, 0.3) is 11.8 Å². The Morgan fingerprint density at radius 2 is 1.75 bits per heavy atom. The summed E-state index contributed by atoms with van der Waals surface area (Å²) in [6.45, 7) is 9.60. The minimum Gasteiger partial charge on any atom is -0.352 e. The van der Waals surface area contributed by atoms with E-state index in [0.29, 0.717) is 48.8 Å². The molecule has 2 N–H and O–H groups in total. The van der Waals surface area contributed by atoms with E-state index in [2.05, 4.69) is 10.6 Å². The highest BCUT2D eigenvalue weighted by molar-refractivity contribution is 6.04. The van der Waals surface area contributed by atoms with Crippen molar-refractivity contribution in [3.8, 4) is 0 Å². The molecule has 1 aliphatic heterocycles. The predicted octanol–water partition coefficient (Wildman–Crippen LogP) is 4.18. The lowest BCUT2D eigenvalue weighted by Crippen LogP contribution is -2.44. The van der Waals surface area contributed by atoms with Gasteiger partial charge in [0.05, 0.1) is 17.2 Å². The van der Waals surface area contributed by atoms with Gasteiger partial charge in [0, 0.05) is 25.2 Å². The molecule has 0 saturated carbocycles. The number of hydrogen-bond donors (Lipinski definition) is 2. The van der Waals surface area contributed by atoms with Gasteiger partial charge in [-0.05, 0) is 56.9 Å². The Hall–Kier alpha value is -3.15. The van der Waals surface area contributed by atoms with E-state index in [1.54, 1.807) is 29.2 Å². The summed E-state index contributed by atoms with van der Waals surface area (Å²) in [4.78, 5) is 40.4. The molecule has 0 spiro atoms. The number of aryl methyl sites for hydroxylation is 2. The van der Waals surface area contributed by atoms with Gasteiger partial charge in [-0.3, -0.25) is 14.4 Å². The van der Waals surface area contributed by atoms with Gasteiger partial charge in [-0.25, -0.2) is 0 Å². The highest BCUT2D eigenvalue weighted by Gasteiger charge is 2.29. The van der Waals surface area contributed by atoms with Crippen LogP contribution >= 0.6 is 0 Å². The molecule has 3 amide bonds. The third kappa shape index (κ3) is 5.96. The number of anilines is 1. The van der Waals surface area contributed by atoms with Gasteiger partial charge in [-0.1, -0.05) is 43.2 Å². The molecule has 6 heteroatoms. The molecular weight excluding hydrogens is 402 g/mol. The predicted molar refractivity (Wildman–Crippen MR) is 127 cm³/mol. The third-order valence-corrected chi connectivity index (χ3v) is 5.65. The first-order valence-corrected chi connectivity index (χ1v) is 11.3. The quantitative estimate of drug-likeness (QED) is 0.714. The number of para-hydroxylation sites is 1. The molecule has 1 unspecified atom stereocenters. The third-order valence-electron chi connectivity index (χ3n) is 5.65. The SMILES string of the molecule is Cc1cc(C)cc(C(=O)N2CCCC(C(=O)Nc3ccccc3C(=O)NCC(C)C)C2)c1. The van der Waals surface area contributed by atoms with Crippen molar-refractivity contribution in [3.05, 3.63) is 64.7 Å². The fraction of sp³-hybridized carbons (Fsp3) is 0.423. The van der Waals surface area contributed by atoms with E-state index in [1.165, 1.54) is 0 Å². The first kappa shape index (κ1) is 23.5. The molecule has 1 aliphatic rings. The second kappa shape index (κ2) is 10.4. The summed E-state index contributed by atoms with van der Waals surface area (Å²) in [5.41, 5.74) is 3.70. The minimum absolute atomic E-state index is 0.0391. The maximum absolute atomic E-state index is 13.0. The Labute approximate surface area is 190 Å². The summed E-state index contributed by atoms with van der Waals surface area (Å²) in [5, 5.41) is 5.83. The lowest BCUT2D eigenvalue weighted by Gasteiger charge is -2.32. The van der Waals surface area contributed by atoms with E-state index in [9.17, 15) is 14.4 Å². The minimum atomic E-state index is -0.314. The second-order valence-corrected chi connectivity index (χ2v) is 9.11. The lowest BCUT2D eigenvalue weighted by molar-refractivity contribution is -0.121. The number of carbonyl (C=O) groups excluding carboxylic acids is 3. The van der Waals surface area contributed by atoms with Crippen molar-refractivity contribution in [2.24, 2.45) is 11.8 Å². The van der Waals surface area contributed by atoms with Crippen LogP contribution in [0.4, 0.5) is 5.69 Å². The Kier molecular flexibility index (Phi) is 7.67. The van der Waals surface area contributed by atoms with Gasteiger partial charge in [0.15, 0.2) is 0 Å². The molecule has 0 aromatic heterocycles. The Balaban J connectivity index is 1.68. The van der Waals surface area contributed by atoms with E-state index < -0.39 is 0 Å². The first-order valence-electron chi connectivity index (χ1n) is 11.3. The summed E-state index contributed by atoms with van der Waals surface area (Å²) < 4.78 is 0. The Morgan fingerprint density at radius 3 is 2.44 bits per heavy atom. The Morgan fingerprint density at radius 1 is 1.06 bits per heavy atom. The highest BCUT2D eigenvalue weighted by Crippen LogP contribution is 2.23. The summed E-state index contributed by atoms with van der Waals surface area (Å²) in [7, 11) is 0. The number of amides is 3. The molecule has 2 aromatic rings. The van der Waals surface area contributed by atoms with Crippen molar-refractivity contribution >= 4 is 23.4 Å². The number of likely N-dealkylation sites (tertiary alicyclic amines) is 1. The van der Waals surface area contributed by atoms with Crippen LogP contribution in [0.25, 0.3) is 0 Å². The van der Waals surface area contributed by atoms with Gasteiger partial charge < -0.3 is 15.5 Å². The van der Waals surface area contributed by atoms with Crippen molar-refractivity contribution in [2.45, 2.75) is 40.5 Å². The highest BCUT2D eigenvalue weighted by atomic mass is 16.2. The van der Waals surface area contributed by atoms with E-state index in [-0.39, 0.29) is 23.6 Å². The summed E-state index contributed by atoms with van der Waals surface area (Å²) >= 11 is 0. The molecule has 1 heterocycles. The van der Waals surface area contributed by atoms with Gasteiger partial charge in [0.2, 0.25) is 5.91 Å². The van der Waals surface area contributed by atoms with Crippen LogP contribution in [0.1, 0.15) is 58.5 Å². The zero-order valence-electron chi connectivity index (χ0n) is 19.4. The molecule has 0 radical (unpaired) electrons. The van der Waals surface area contributed by atoms with Crippen LogP contribution in [0.5, 0.6) is 0 Å². The maximum atomic E-state index is 13.0. The number of hydrogen-bond acceptors (Lipinski definition) is 3. The Bertz CT molecular complexity index is 979. The average molecular weight is 436 g/mol. The molecular formula is C26H33N3O3. The molecule has 2 aromatic carbocycles. The lowest BCUT2D eigenvalue weighted by atomic mass is 9.95. The van der Waals surface area contributed by atoms with E-state index in [1.807, 2.05) is 45.9 Å². The van der Waals surface area contributed by atoms with Crippen LogP contribution < -0.4 is 10.6 Å². The molecule has 1 saturated heterocycles. The molecule has 0 aliphatic carbocycles. The average Bonchev–Trinajstić information content (AvgIpc) is 2.76. The van der Waals surface area contributed by atoms with Gasteiger partial charge >= 0.3 is 0 Å². The second-order valence-electron chi connectivity index (χ2n) is 9.11.